The number of carbonyl (C=O) groups excluding carboxylic acids is 3. The number of rotatable bonds is 1. The van der Waals surface area contributed by atoms with Crippen LogP contribution in [-0.4, -0.2) is 78.1 Å². The number of allylic oxidation sites excluding steroid dienone is 1. The van der Waals surface area contributed by atoms with Gasteiger partial charge in [-0.2, -0.15) is 0 Å². The number of amides is 3. The zero-order chi connectivity index (χ0) is 18.3. The van der Waals surface area contributed by atoms with Crippen molar-refractivity contribution in [2.75, 3.05) is 34.3 Å². The van der Waals surface area contributed by atoms with Crippen molar-refractivity contribution in [1.82, 2.24) is 9.80 Å². The number of amidine groups is 1. The van der Waals surface area contributed by atoms with E-state index in [0.29, 0.717) is 31.8 Å². The fraction of sp³-hybridized carbons (Fsp3) is 0.588. The van der Waals surface area contributed by atoms with Crippen LogP contribution in [0.5, 0.6) is 0 Å². The molecule has 8 heteroatoms. The number of imide groups is 1. The molecule has 3 heterocycles. The molecule has 0 aromatic heterocycles. The Hall–Kier alpha value is -2.51. The Morgan fingerprint density at radius 2 is 1.88 bits per heavy atom. The number of aliphatic imine (C=N–C) groups is 1. The van der Waals surface area contributed by atoms with Gasteiger partial charge in [0.2, 0.25) is 5.71 Å². The van der Waals surface area contributed by atoms with Crippen LogP contribution in [0.2, 0.25) is 0 Å². The molecule has 0 aliphatic carbocycles. The molecule has 0 bridgehead atoms. The molecule has 0 radical (unpaired) electrons. The summed E-state index contributed by atoms with van der Waals surface area (Å²) >= 11 is 0. The van der Waals surface area contributed by atoms with E-state index in [1.165, 1.54) is 19.1 Å². The number of esters is 1. The van der Waals surface area contributed by atoms with E-state index in [9.17, 15) is 14.4 Å². The summed E-state index contributed by atoms with van der Waals surface area (Å²) in [7, 11) is 4.53. The highest BCUT2D eigenvalue weighted by molar-refractivity contribution is 6.31. The molecule has 8 nitrogen and oxygen atoms in total. The van der Waals surface area contributed by atoms with Gasteiger partial charge in [0.25, 0.3) is 5.91 Å². The largest absolute Gasteiger partial charge is 0.469 e. The summed E-state index contributed by atoms with van der Waals surface area (Å²) in [4.78, 5) is 43.6. The average Bonchev–Trinajstić information content (AvgIpc) is 2.63. The SMILES string of the molecule is COC(=O)C1CC[N+](=C2C(C)=CN=C3C2C(=O)N(C)C(=O)N3C)CC1. The lowest BCUT2D eigenvalue weighted by Gasteiger charge is -2.37. The maximum atomic E-state index is 12.8. The number of carbonyl (C=O) groups is 3. The third kappa shape index (κ3) is 2.75. The maximum absolute atomic E-state index is 12.8. The van der Waals surface area contributed by atoms with Crippen molar-refractivity contribution in [3.05, 3.63) is 11.8 Å². The monoisotopic (exact) mass is 347 g/mol. The van der Waals surface area contributed by atoms with Gasteiger partial charge in [-0.25, -0.2) is 14.4 Å². The lowest BCUT2D eigenvalue weighted by molar-refractivity contribution is -0.541. The minimum Gasteiger partial charge on any atom is -0.469 e. The van der Waals surface area contributed by atoms with Gasteiger partial charge >= 0.3 is 12.0 Å². The van der Waals surface area contributed by atoms with Crippen molar-refractivity contribution in [3.63, 3.8) is 0 Å². The summed E-state index contributed by atoms with van der Waals surface area (Å²) in [5.74, 6) is -0.658. The molecule has 3 aliphatic heterocycles. The fourth-order valence-corrected chi connectivity index (χ4v) is 3.73. The van der Waals surface area contributed by atoms with Gasteiger partial charge in [0.15, 0.2) is 5.92 Å². The van der Waals surface area contributed by atoms with E-state index in [1.54, 1.807) is 13.2 Å². The number of ether oxygens (including phenoxy) is 1. The zero-order valence-corrected chi connectivity index (χ0v) is 15.0. The van der Waals surface area contributed by atoms with Crippen molar-refractivity contribution in [3.8, 4) is 0 Å². The lowest BCUT2D eigenvalue weighted by Crippen LogP contribution is -2.61. The maximum Gasteiger partial charge on any atom is 0.331 e. The molecule has 0 aromatic carbocycles. The van der Waals surface area contributed by atoms with E-state index >= 15 is 0 Å². The van der Waals surface area contributed by atoms with Gasteiger partial charge in [-0.05, 0) is 6.92 Å². The molecule has 3 rings (SSSR count). The number of piperidine rings is 1. The quantitative estimate of drug-likeness (QED) is 0.510. The van der Waals surface area contributed by atoms with Gasteiger partial charge in [-0.1, -0.05) is 0 Å². The lowest BCUT2D eigenvalue weighted by atomic mass is 9.89. The Labute approximate surface area is 146 Å². The van der Waals surface area contributed by atoms with Crippen LogP contribution >= 0.6 is 0 Å². The molecule has 3 amide bonds. The van der Waals surface area contributed by atoms with Crippen LogP contribution in [0, 0.1) is 11.8 Å². The summed E-state index contributed by atoms with van der Waals surface area (Å²) in [5.41, 5.74) is 1.79. The van der Waals surface area contributed by atoms with Gasteiger partial charge in [-0.15, -0.1) is 0 Å². The summed E-state index contributed by atoms with van der Waals surface area (Å²) in [6.07, 6.45) is 3.07. The average molecular weight is 347 g/mol. The molecular weight excluding hydrogens is 324 g/mol. The normalized spacial score (nSPS) is 27.0. The van der Waals surface area contributed by atoms with Crippen LogP contribution in [0.3, 0.4) is 0 Å². The van der Waals surface area contributed by atoms with Crippen molar-refractivity contribution < 1.29 is 23.7 Å². The van der Waals surface area contributed by atoms with Gasteiger partial charge in [-0.3, -0.25) is 19.4 Å². The van der Waals surface area contributed by atoms with Crippen LogP contribution in [0.1, 0.15) is 19.8 Å². The van der Waals surface area contributed by atoms with Gasteiger partial charge in [0, 0.05) is 38.7 Å². The first-order valence-electron chi connectivity index (χ1n) is 8.36. The Morgan fingerprint density at radius 3 is 2.48 bits per heavy atom. The Balaban J connectivity index is 1.95. The van der Waals surface area contributed by atoms with E-state index in [1.807, 2.05) is 6.92 Å². The van der Waals surface area contributed by atoms with Crippen molar-refractivity contribution >= 4 is 29.5 Å². The number of fused-ring (bicyclic) bond motifs is 1. The molecule has 1 unspecified atom stereocenters. The van der Waals surface area contributed by atoms with E-state index in [0.717, 1.165) is 16.2 Å². The summed E-state index contributed by atoms with van der Waals surface area (Å²) < 4.78 is 6.97. The number of hydrogen-bond donors (Lipinski definition) is 0. The second kappa shape index (κ2) is 6.42. The first-order chi connectivity index (χ1) is 11.9. The number of nitrogens with zero attached hydrogens (tertiary/aromatic N) is 4. The third-order valence-corrected chi connectivity index (χ3v) is 5.19. The minimum atomic E-state index is -0.577. The predicted molar refractivity (Wildman–Crippen MR) is 90.4 cm³/mol. The van der Waals surface area contributed by atoms with Crippen molar-refractivity contribution in [2.24, 2.45) is 16.8 Å². The van der Waals surface area contributed by atoms with Gasteiger partial charge in [0.1, 0.15) is 18.9 Å². The standard InChI is InChI=1S/C17H23N4O4/c1-10-9-18-14-12(15(22)20(3)17(24)19(14)2)13(10)21-7-5-11(6-8-21)16(23)25-4/h9,11-12H,5-8H2,1-4H3/q+1. The second-order valence-corrected chi connectivity index (χ2v) is 6.64. The molecule has 3 aliphatic rings. The molecule has 0 aromatic rings. The molecular formula is C17H23N4O4+. The summed E-state index contributed by atoms with van der Waals surface area (Å²) in [6, 6.07) is -0.378. The third-order valence-electron chi connectivity index (χ3n) is 5.19. The highest BCUT2D eigenvalue weighted by Crippen LogP contribution is 2.27. The first kappa shape index (κ1) is 17.3. The van der Waals surface area contributed by atoms with Crippen LogP contribution in [0.25, 0.3) is 0 Å². The Bertz CT molecular complexity index is 727. The summed E-state index contributed by atoms with van der Waals surface area (Å²) in [6.45, 7) is 3.25. The molecule has 2 saturated heterocycles. The van der Waals surface area contributed by atoms with Crippen LogP contribution in [0.15, 0.2) is 16.8 Å². The van der Waals surface area contributed by atoms with Crippen LogP contribution < -0.4 is 0 Å². The van der Waals surface area contributed by atoms with Gasteiger partial charge in [0.05, 0.1) is 13.0 Å². The molecule has 1 atom stereocenters. The van der Waals surface area contributed by atoms with E-state index < -0.39 is 5.92 Å². The Morgan fingerprint density at radius 1 is 1.24 bits per heavy atom. The molecule has 0 N–H and O–H groups in total. The number of methoxy groups -OCH3 is 1. The number of hydrogen-bond acceptors (Lipinski definition) is 5. The molecule has 134 valence electrons. The topological polar surface area (TPSA) is 82.3 Å². The molecule has 25 heavy (non-hydrogen) atoms. The smallest absolute Gasteiger partial charge is 0.331 e. The first-order valence-corrected chi connectivity index (χ1v) is 8.36. The zero-order valence-electron chi connectivity index (χ0n) is 15.0. The van der Waals surface area contributed by atoms with Crippen LogP contribution in [-0.2, 0) is 14.3 Å². The van der Waals surface area contributed by atoms with E-state index in [2.05, 4.69) is 9.57 Å². The molecule has 0 saturated carbocycles. The number of urea groups is 1. The summed E-state index contributed by atoms with van der Waals surface area (Å²) in [5, 5.41) is 0. The van der Waals surface area contributed by atoms with Gasteiger partial charge < -0.3 is 4.74 Å². The minimum absolute atomic E-state index is 0.100. The molecule has 2 fully saturated rings. The second-order valence-electron chi connectivity index (χ2n) is 6.64. The Kier molecular flexibility index (Phi) is 4.45. The van der Waals surface area contributed by atoms with Crippen molar-refractivity contribution in [2.45, 2.75) is 19.8 Å². The molecule has 0 spiro atoms. The fourth-order valence-electron chi connectivity index (χ4n) is 3.73. The van der Waals surface area contributed by atoms with Crippen LogP contribution in [0.4, 0.5) is 4.79 Å². The van der Waals surface area contributed by atoms with E-state index in [-0.39, 0.29) is 23.8 Å². The van der Waals surface area contributed by atoms with Crippen molar-refractivity contribution in [1.29, 1.82) is 0 Å². The van der Waals surface area contributed by atoms with E-state index in [4.69, 9.17) is 4.74 Å². The highest BCUT2D eigenvalue weighted by atomic mass is 16.5. The highest BCUT2D eigenvalue weighted by Gasteiger charge is 2.49. The predicted octanol–water partition coefficient (Wildman–Crippen LogP) is 0.479.